The van der Waals surface area contributed by atoms with Crippen molar-refractivity contribution in [2.24, 2.45) is 0 Å². The van der Waals surface area contributed by atoms with Gasteiger partial charge in [0.15, 0.2) is 5.54 Å². The summed E-state index contributed by atoms with van der Waals surface area (Å²) in [7, 11) is 0. The Kier molecular flexibility index (Phi) is 2.30. The van der Waals surface area contributed by atoms with Gasteiger partial charge >= 0.3 is 6.03 Å². The molecule has 1 unspecified atom stereocenters. The van der Waals surface area contributed by atoms with E-state index in [9.17, 15) is 9.59 Å². The second kappa shape index (κ2) is 3.52. The van der Waals surface area contributed by atoms with Crippen LogP contribution in [0.4, 0.5) is 4.79 Å². The van der Waals surface area contributed by atoms with Crippen LogP contribution in [0.15, 0.2) is 35.5 Å². The summed E-state index contributed by atoms with van der Waals surface area (Å²) in [6.07, 6.45) is 2.97. The number of hydrogen-bond donors (Lipinski definition) is 1. The summed E-state index contributed by atoms with van der Waals surface area (Å²) in [5.74, 6) is 0.102. The Morgan fingerprint density at radius 1 is 1.62 bits per heavy atom. The van der Waals surface area contributed by atoms with E-state index in [0.29, 0.717) is 5.76 Å². The minimum absolute atomic E-state index is 0.195. The first kappa shape index (κ1) is 10.5. The molecule has 0 bridgehead atoms. The number of carbonyl (C=O) groups excluding carboxylic acids is 2. The van der Waals surface area contributed by atoms with Crippen molar-refractivity contribution in [3.05, 3.63) is 36.8 Å². The van der Waals surface area contributed by atoms with E-state index in [2.05, 4.69) is 11.9 Å². The molecule has 3 amide bonds. The number of nitrogens with one attached hydrogen (secondary N) is 1. The van der Waals surface area contributed by atoms with E-state index in [1.165, 1.54) is 12.3 Å². The number of carbonyl (C=O) groups is 2. The third-order valence-electron chi connectivity index (χ3n) is 2.60. The molecule has 2 heterocycles. The van der Waals surface area contributed by atoms with Crippen molar-refractivity contribution in [2.75, 3.05) is 6.54 Å². The topological polar surface area (TPSA) is 62.6 Å². The van der Waals surface area contributed by atoms with E-state index in [1.807, 2.05) is 0 Å². The highest BCUT2D eigenvalue weighted by Crippen LogP contribution is 2.28. The van der Waals surface area contributed by atoms with Crippen molar-refractivity contribution in [3.8, 4) is 0 Å². The lowest BCUT2D eigenvalue weighted by Crippen LogP contribution is -2.40. The highest BCUT2D eigenvalue weighted by atomic mass is 16.3. The SMILES string of the molecule is C=CCN1C(=O)NC(C)(c2ccco2)C1=O. The summed E-state index contributed by atoms with van der Waals surface area (Å²) in [6.45, 7) is 5.32. The van der Waals surface area contributed by atoms with Crippen molar-refractivity contribution in [1.82, 2.24) is 10.2 Å². The van der Waals surface area contributed by atoms with E-state index < -0.39 is 11.6 Å². The lowest BCUT2D eigenvalue weighted by molar-refractivity contribution is -0.131. The first-order chi connectivity index (χ1) is 7.59. The Morgan fingerprint density at radius 2 is 2.38 bits per heavy atom. The van der Waals surface area contributed by atoms with Gasteiger partial charge in [0.2, 0.25) is 0 Å². The van der Waals surface area contributed by atoms with E-state index in [1.54, 1.807) is 19.1 Å². The fourth-order valence-corrected chi connectivity index (χ4v) is 1.72. The molecule has 16 heavy (non-hydrogen) atoms. The van der Waals surface area contributed by atoms with Crippen molar-refractivity contribution < 1.29 is 14.0 Å². The van der Waals surface area contributed by atoms with Gasteiger partial charge in [-0.25, -0.2) is 4.79 Å². The molecule has 0 spiro atoms. The minimum Gasteiger partial charge on any atom is -0.466 e. The Bertz CT molecular complexity index is 438. The molecule has 84 valence electrons. The van der Waals surface area contributed by atoms with Gasteiger partial charge in [-0.15, -0.1) is 6.58 Å². The van der Waals surface area contributed by atoms with E-state index >= 15 is 0 Å². The number of urea groups is 1. The van der Waals surface area contributed by atoms with Gasteiger partial charge in [0.25, 0.3) is 5.91 Å². The summed E-state index contributed by atoms with van der Waals surface area (Å²) >= 11 is 0. The molecular weight excluding hydrogens is 208 g/mol. The van der Waals surface area contributed by atoms with Crippen LogP contribution < -0.4 is 5.32 Å². The fourth-order valence-electron chi connectivity index (χ4n) is 1.72. The smallest absolute Gasteiger partial charge is 0.325 e. The zero-order valence-corrected chi connectivity index (χ0v) is 8.90. The average Bonchev–Trinajstić information content (AvgIpc) is 2.83. The van der Waals surface area contributed by atoms with Crippen molar-refractivity contribution in [2.45, 2.75) is 12.5 Å². The molecule has 1 fully saturated rings. The van der Waals surface area contributed by atoms with Crippen LogP contribution in [0.25, 0.3) is 0 Å². The van der Waals surface area contributed by atoms with Crippen LogP contribution in [-0.2, 0) is 10.3 Å². The molecule has 5 nitrogen and oxygen atoms in total. The molecule has 1 aliphatic rings. The van der Waals surface area contributed by atoms with Gasteiger partial charge in [0.1, 0.15) is 5.76 Å². The van der Waals surface area contributed by atoms with Gasteiger partial charge in [-0.1, -0.05) is 6.08 Å². The van der Waals surface area contributed by atoms with Crippen LogP contribution in [0.5, 0.6) is 0 Å². The molecule has 1 saturated heterocycles. The molecule has 1 aromatic heterocycles. The third-order valence-corrected chi connectivity index (χ3v) is 2.60. The molecule has 1 aliphatic heterocycles. The molecule has 1 N–H and O–H groups in total. The molecule has 0 radical (unpaired) electrons. The van der Waals surface area contributed by atoms with Crippen LogP contribution in [0.1, 0.15) is 12.7 Å². The Morgan fingerprint density at radius 3 is 2.94 bits per heavy atom. The summed E-state index contributed by atoms with van der Waals surface area (Å²) in [5.41, 5.74) is -1.11. The van der Waals surface area contributed by atoms with Crippen molar-refractivity contribution >= 4 is 11.9 Å². The Balaban J connectivity index is 2.36. The maximum absolute atomic E-state index is 12.1. The molecule has 5 heteroatoms. The van der Waals surface area contributed by atoms with E-state index in [4.69, 9.17) is 4.42 Å². The lowest BCUT2D eigenvalue weighted by Gasteiger charge is -2.18. The predicted octanol–water partition coefficient (Wildman–Crippen LogP) is 1.23. The number of hydrogen-bond acceptors (Lipinski definition) is 3. The normalized spacial score (nSPS) is 24.7. The van der Waals surface area contributed by atoms with E-state index in [0.717, 1.165) is 4.90 Å². The minimum atomic E-state index is -1.11. The van der Waals surface area contributed by atoms with Gasteiger partial charge in [-0.3, -0.25) is 9.69 Å². The number of nitrogens with zero attached hydrogens (tertiary/aromatic N) is 1. The molecule has 0 aromatic carbocycles. The fraction of sp³-hybridized carbons (Fsp3) is 0.273. The monoisotopic (exact) mass is 220 g/mol. The number of amides is 3. The number of imide groups is 1. The quantitative estimate of drug-likeness (QED) is 0.615. The predicted molar refractivity (Wildman–Crippen MR) is 56.5 cm³/mol. The second-order valence-electron chi connectivity index (χ2n) is 3.74. The highest BCUT2D eigenvalue weighted by Gasteiger charge is 2.50. The van der Waals surface area contributed by atoms with Crippen molar-refractivity contribution in [1.29, 1.82) is 0 Å². The third kappa shape index (κ3) is 1.32. The highest BCUT2D eigenvalue weighted by molar-refractivity contribution is 6.06. The molecular formula is C11H12N2O3. The zero-order valence-electron chi connectivity index (χ0n) is 8.90. The molecule has 2 rings (SSSR count). The summed E-state index contributed by atoms with van der Waals surface area (Å²) in [6, 6.07) is 2.91. The molecule has 1 atom stereocenters. The van der Waals surface area contributed by atoms with Crippen LogP contribution in [0, 0.1) is 0 Å². The lowest BCUT2D eigenvalue weighted by atomic mass is 9.99. The Hall–Kier alpha value is -2.04. The molecule has 1 aromatic rings. The van der Waals surface area contributed by atoms with E-state index in [-0.39, 0.29) is 12.5 Å². The van der Waals surface area contributed by atoms with Crippen LogP contribution in [0.2, 0.25) is 0 Å². The number of furan rings is 1. The van der Waals surface area contributed by atoms with Gasteiger partial charge in [0.05, 0.1) is 6.26 Å². The van der Waals surface area contributed by atoms with Gasteiger partial charge in [-0.2, -0.15) is 0 Å². The first-order valence-electron chi connectivity index (χ1n) is 4.88. The summed E-state index contributed by atoms with van der Waals surface area (Å²) in [4.78, 5) is 24.8. The zero-order chi connectivity index (χ0) is 11.8. The van der Waals surface area contributed by atoms with Crippen LogP contribution >= 0.6 is 0 Å². The maximum atomic E-state index is 12.1. The van der Waals surface area contributed by atoms with Gasteiger partial charge in [0, 0.05) is 6.54 Å². The standard InChI is InChI=1S/C11H12N2O3/c1-3-6-13-9(14)11(2,12-10(13)15)8-5-4-7-16-8/h3-5,7H,1,6H2,2H3,(H,12,15). The molecule has 0 aliphatic carbocycles. The van der Waals surface area contributed by atoms with Crippen LogP contribution in [-0.4, -0.2) is 23.4 Å². The molecule has 0 saturated carbocycles. The number of rotatable bonds is 3. The first-order valence-corrected chi connectivity index (χ1v) is 4.88. The summed E-state index contributed by atoms with van der Waals surface area (Å²) in [5, 5.41) is 2.61. The Labute approximate surface area is 92.7 Å². The largest absolute Gasteiger partial charge is 0.466 e. The average molecular weight is 220 g/mol. The summed E-state index contributed by atoms with van der Waals surface area (Å²) < 4.78 is 5.18. The van der Waals surface area contributed by atoms with Crippen molar-refractivity contribution in [3.63, 3.8) is 0 Å². The van der Waals surface area contributed by atoms with Gasteiger partial charge < -0.3 is 9.73 Å². The van der Waals surface area contributed by atoms with Crippen LogP contribution in [0.3, 0.4) is 0 Å². The maximum Gasteiger partial charge on any atom is 0.325 e. The second-order valence-corrected chi connectivity index (χ2v) is 3.74. The van der Waals surface area contributed by atoms with Gasteiger partial charge in [-0.05, 0) is 19.1 Å².